The van der Waals surface area contributed by atoms with Crippen molar-refractivity contribution in [3.05, 3.63) is 0 Å². The predicted molar refractivity (Wildman–Crippen MR) is 95.3 cm³/mol. The minimum atomic E-state index is -0.739. The summed E-state index contributed by atoms with van der Waals surface area (Å²) < 4.78 is 5.77. The summed E-state index contributed by atoms with van der Waals surface area (Å²) in [6.45, 7) is 4.22. The molecule has 3 saturated carbocycles. The quantitative estimate of drug-likeness (QED) is 0.523. The van der Waals surface area contributed by atoms with Crippen molar-refractivity contribution in [3.63, 3.8) is 0 Å². The molecule has 3 aliphatic carbocycles. The Morgan fingerprint density at radius 2 is 2.00 bits per heavy atom. The zero-order valence-corrected chi connectivity index (χ0v) is 15.5. The molecule has 3 N–H and O–H groups in total. The van der Waals surface area contributed by atoms with Crippen molar-refractivity contribution in [2.75, 3.05) is 0 Å². The maximum atomic E-state index is 11.9. The van der Waals surface area contributed by atoms with Crippen LogP contribution in [0.5, 0.6) is 0 Å². The molecule has 0 spiro atoms. The minimum absolute atomic E-state index is 0.0110. The lowest BCUT2D eigenvalue weighted by molar-refractivity contribution is -0.255. The Morgan fingerprint density at radius 1 is 1.24 bits per heavy atom. The van der Waals surface area contributed by atoms with Gasteiger partial charge in [0.1, 0.15) is 5.60 Å². The number of rotatable bonds is 0. The van der Waals surface area contributed by atoms with E-state index in [4.69, 9.17) is 16.9 Å². The van der Waals surface area contributed by atoms with Crippen LogP contribution >= 0.6 is 0 Å². The summed E-state index contributed by atoms with van der Waals surface area (Å²) in [4.78, 5) is 11.9. The second-order valence-corrected chi connectivity index (χ2v) is 9.49. The first-order valence-corrected chi connectivity index (χ1v) is 9.90. The van der Waals surface area contributed by atoms with E-state index in [1.54, 1.807) is 0 Å². The van der Waals surface area contributed by atoms with Crippen LogP contribution in [0.4, 0.5) is 0 Å². The molecule has 4 heteroatoms. The summed E-state index contributed by atoms with van der Waals surface area (Å²) in [6.07, 6.45) is 13.5. The van der Waals surface area contributed by atoms with E-state index < -0.39 is 22.7 Å². The van der Waals surface area contributed by atoms with E-state index in [0.717, 1.165) is 25.7 Å². The molecule has 7 atom stereocenters. The van der Waals surface area contributed by atoms with Crippen LogP contribution < -0.4 is 5.73 Å². The molecule has 0 aromatic heterocycles. The van der Waals surface area contributed by atoms with Crippen molar-refractivity contribution in [2.24, 2.45) is 28.4 Å². The van der Waals surface area contributed by atoms with Crippen LogP contribution in [0.1, 0.15) is 71.6 Å². The number of esters is 1. The maximum absolute atomic E-state index is 11.9. The number of fused-ring (bicyclic) bond motifs is 5. The topological polar surface area (TPSA) is 72.5 Å². The highest BCUT2D eigenvalue weighted by molar-refractivity contribution is 5.71. The number of terminal acetylenes is 1. The van der Waals surface area contributed by atoms with Crippen molar-refractivity contribution in [2.45, 2.75) is 88.9 Å². The van der Waals surface area contributed by atoms with Gasteiger partial charge in [0, 0.05) is 24.3 Å². The number of aliphatic hydroxyl groups excluding tert-OH is 1. The van der Waals surface area contributed by atoms with E-state index in [-0.39, 0.29) is 17.3 Å². The van der Waals surface area contributed by atoms with Gasteiger partial charge in [-0.2, -0.15) is 0 Å². The van der Waals surface area contributed by atoms with E-state index in [2.05, 4.69) is 12.8 Å². The van der Waals surface area contributed by atoms with Crippen molar-refractivity contribution in [3.8, 4) is 12.3 Å². The van der Waals surface area contributed by atoms with Crippen LogP contribution in [-0.4, -0.2) is 28.3 Å². The van der Waals surface area contributed by atoms with Crippen LogP contribution in [-0.2, 0) is 9.53 Å². The molecule has 0 aromatic carbocycles. The fourth-order valence-corrected chi connectivity index (χ4v) is 7.54. The Bertz CT molecular complexity index is 642. The summed E-state index contributed by atoms with van der Waals surface area (Å²) in [7, 11) is 0. The largest absolute Gasteiger partial charge is 0.459 e. The lowest BCUT2D eigenvalue weighted by Gasteiger charge is -2.71. The number of hydrogen-bond acceptors (Lipinski definition) is 4. The van der Waals surface area contributed by atoms with Gasteiger partial charge in [0.25, 0.3) is 0 Å². The molecule has 0 amide bonds. The average Bonchev–Trinajstić information content (AvgIpc) is 2.53. The van der Waals surface area contributed by atoms with Gasteiger partial charge in [-0.05, 0) is 50.4 Å². The Hall–Kier alpha value is -1.05. The van der Waals surface area contributed by atoms with Crippen LogP contribution in [0.15, 0.2) is 0 Å². The molecule has 25 heavy (non-hydrogen) atoms. The minimum Gasteiger partial charge on any atom is -0.459 e. The first-order valence-electron chi connectivity index (χ1n) is 9.90. The van der Waals surface area contributed by atoms with Crippen LogP contribution in [0.2, 0.25) is 0 Å². The maximum Gasteiger partial charge on any atom is 0.306 e. The van der Waals surface area contributed by atoms with Gasteiger partial charge in [-0.1, -0.05) is 25.7 Å². The van der Waals surface area contributed by atoms with E-state index in [1.165, 1.54) is 12.8 Å². The van der Waals surface area contributed by atoms with E-state index in [0.29, 0.717) is 25.2 Å². The molecule has 138 valence electrons. The Kier molecular flexibility index (Phi) is 3.64. The monoisotopic (exact) mass is 345 g/mol. The predicted octanol–water partition coefficient (Wildman–Crippen LogP) is 2.77. The summed E-state index contributed by atoms with van der Waals surface area (Å²) in [6, 6.07) is 0. The van der Waals surface area contributed by atoms with E-state index in [9.17, 15) is 9.90 Å². The van der Waals surface area contributed by atoms with Gasteiger partial charge >= 0.3 is 5.97 Å². The number of carbonyl (C=O) groups is 1. The first-order chi connectivity index (χ1) is 11.7. The molecule has 1 heterocycles. The Balaban J connectivity index is 1.88. The third-order valence-electron chi connectivity index (χ3n) is 8.61. The highest BCUT2D eigenvalue weighted by atomic mass is 16.6. The van der Waals surface area contributed by atoms with Crippen LogP contribution in [0, 0.1) is 35.0 Å². The molecule has 0 radical (unpaired) electrons. The number of hydrogen-bond donors (Lipinski definition) is 2. The number of nitrogens with two attached hydrogens (primary N) is 1. The molecule has 4 rings (SSSR count). The highest BCUT2D eigenvalue weighted by Gasteiger charge is 2.74. The third-order valence-corrected chi connectivity index (χ3v) is 8.61. The molecular weight excluding hydrogens is 314 g/mol. The molecule has 0 aromatic rings. The fourth-order valence-electron chi connectivity index (χ4n) is 7.54. The molecule has 4 fully saturated rings. The van der Waals surface area contributed by atoms with Crippen molar-refractivity contribution in [1.29, 1.82) is 0 Å². The highest BCUT2D eigenvalue weighted by Crippen LogP contribution is 2.70. The normalized spacial score (nSPS) is 55.2. The fraction of sp³-hybridized carbons (Fsp3) is 0.857. The standard InChI is InChI=1S/C21H31NO3/c1-4-20-16(23)13-19(3)15(8-9-17(24)25-19)21(20,22)12-10-14-7-5-6-11-18(14,20)2/h1,14-16,23H,5-13,22H2,2-3H3/t14-,15+,16-,18-,19-,20+,21+/m0/s1. The van der Waals surface area contributed by atoms with Crippen molar-refractivity contribution in [1.82, 2.24) is 0 Å². The molecule has 0 bridgehead atoms. The molecular formula is C21H31NO3. The SMILES string of the molecule is C#C[C@]12[C@@H](O)C[C@]3(C)OC(=O)CC[C@H]3[C@]1(N)CC[C@@H]1CCCC[C@@]12C. The van der Waals surface area contributed by atoms with Gasteiger partial charge in [0.15, 0.2) is 0 Å². The zero-order chi connectivity index (χ0) is 18.1. The van der Waals surface area contributed by atoms with Gasteiger partial charge in [-0.25, -0.2) is 0 Å². The van der Waals surface area contributed by atoms with Crippen molar-refractivity contribution < 1.29 is 14.6 Å². The average molecular weight is 345 g/mol. The summed E-state index contributed by atoms with van der Waals surface area (Å²) >= 11 is 0. The van der Waals surface area contributed by atoms with E-state index in [1.807, 2.05) is 6.92 Å². The third kappa shape index (κ3) is 1.89. The summed E-state index contributed by atoms with van der Waals surface area (Å²) in [5.41, 5.74) is 4.91. The molecule has 0 unspecified atom stereocenters. The number of ether oxygens (including phenoxy) is 1. The number of aliphatic hydroxyl groups is 1. The molecule has 1 aliphatic heterocycles. The summed E-state index contributed by atoms with van der Waals surface area (Å²) in [5.74, 6) is 3.45. The zero-order valence-electron chi connectivity index (χ0n) is 15.5. The van der Waals surface area contributed by atoms with Gasteiger partial charge < -0.3 is 15.6 Å². The molecule has 4 aliphatic rings. The second kappa shape index (κ2) is 5.24. The lowest BCUT2D eigenvalue weighted by atomic mass is 9.35. The Labute approximate surface area is 150 Å². The smallest absolute Gasteiger partial charge is 0.306 e. The molecule has 1 saturated heterocycles. The van der Waals surface area contributed by atoms with Gasteiger partial charge in [-0.15, -0.1) is 6.42 Å². The van der Waals surface area contributed by atoms with Crippen molar-refractivity contribution >= 4 is 5.97 Å². The second-order valence-electron chi connectivity index (χ2n) is 9.49. The van der Waals surface area contributed by atoms with Crippen LogP contribution in [0.25, 0.3) is 0 Å². The van der Waals surface area contributed by atoms with Gasteiger partial charge in [0.05, 0.1) is 11.5 Å². The van der Waals surface area contributed by atoms with Crippen LogP contribution in [0.3, 0.4) is 0 Å². The number of carbonyl (C=O) groups excluding carboxylic acids is 1. The summed E-state index contributed by atoms with van der Waals surface area (Å²) in [5, 5.41) is 11.4. The van der Waals surface area contributed by atoms with E-state index >= 15 is 0 Å². The van der Waals surface area contributed by atoms with Gasteiger partial charge in [-0.3, -0.25) is 4.79 Å². The Morgan fingerprint density at radius 3 is 2.72 bits per heavy atom. The lowest BCUT2D eigenvalue weighted by Crippen LogP contribution is -2.80. The first kappa shape index (κ1) is 17.4. The molecule has 4 nitrogen and oxygen atoms in total. The van der Waals surface area contributed by atoms with Gasteiger partial charge in [0.2, 0.25) is 0 Å².